The second kappa shape index (κ2) is 8.95. The monoisotopic (exact) mass is 555 g/mol. The van der Waals surface area contributed by atoms with Gasteiger partial charge in [-0.1, -0.05) is 15.9 Å². The summed E-state index contributed by atoms with van der Waals surface area (Å²) < 4.78 is 7.46. The Morgan fingerprint density at radius 3 is 2.71 bits per heavy atom. The molecule has 6 nitrogen and oxygen atoms in total. The number of hydrazone groups is 1. The molecule has 1 amide bonds. The van der Waals surface area contributed by atoms with Gasteiger partial charge in [0.1, 0.15) is 11.3 Å². The number of halogens is 2. The van der Waals surface area contributed by atoms with Gasteiger partial charge in [-0.15, -0.1) is 0 Å². The van der Waals surface area contributed by atoms with Crippen LogP contribution in [0.4, 0.5) is 5.69 Å². The number of anilines is 1. The third-order valence-electron chi connectivity index (χ3n) is 4.27. The summed E-state index contributed by atoms with van der Waals surface area (Å²) in [6.07, 6.45) is 1.41. The van der Waals surface area contributed by atoms with Crippen LogP contribution in [0.2, 0.25) is 0 Å². The van der Waals surface area contributed by atoms with Gasteiger partial charge in [-0.2, -0.15) is 5.10 Å². The van der Waals surface area contributed by atoms with Crippen molar-refractivity contribution in [3.05, 3.63) is 55.8 Å². The van der Waals surface area contributed by atoms with Crippen molar-refractivity contribution in [2.45, 2.75) is 13.8 Å². The zero-order valence-corrected chi connectivity index (χ0v) is 19.1. The van der Waals surface area contributed by atoms with Crippen LogP contribution in [0, 0.1) is 3.57 Å². The smallest absolute Gasteiger partial charge is 0.307 e. The molecule has 0 fully saturated rings. The molecular weight excluding hydrogens is 537 g/mol. The van der Waals surface area contributed by atoms with Gasteiger partial charge in [-0.3, -0.25) is 4.79 Å². The highest BCUT2D eigenvalue weighted by molar-refractivity contribution is 14.1. The highest BCUT2D eigenvalue weighted by atomic mass is 127. The molecule has 1 heterocycles. The maximum atomic E-state index is 12.3. The molecule has 3 rings (SSSR count). The molecule has 0 aliphatic carbocycles. The SMILES string of the molecule is CCN(CC)c1ccc(/C=N\NC(=O)c2cc3cc(Br)cc(I)c3o2)c(O)c1. The molecule has 0 saturated carbocycles. The molecular formula is C20H19BrIN3O3. The van der Waals surface area contributed by atoms with Crippen LogP contribution >= 0.6 is 38.5 Å². The van der Waals surface area contributed by atoms with E-state index in [-0.39, 0.29) is 11.5 Å². The van der Waals surface area contributed by atoms with Gasteiger partial charge >= 0.3 is 5.91 Å². The van der Waals surface area contributed by atoms with E-state index in [2.05, 4.69) is 67.8 Å². The highest BCUT2D eigenvalue weighted by Crippen LogP contribution is 2.28. The fourth-order valence-electron chi connectivity index (χ4n) is 2.83. The number of benzene rings is 2. The van der Waals surface area contributed by atoms with E-state index in [1.165, 1.54) is 6.21 Å². The van der Waals surface area contributed by atoms with E-state index in [1.54, 1.807) is 18.2 Å². The number of nitrogens with one attached hydrogen (secondary N) is 1. The third-order valence-corrected chi connectivity index (χ3v) is 5.53. The Hall–Kier alpha value is -2.07. The Bertz CT molecular complexity index is 1040. The number of carbonyl (C=O) groups excluding carboxylic acids is 1. The summed E-state index contributed by atoms with van der Waals surface area (Å²) in [6, 6.07) is 10.8. The summed E-state index contributed by atoms with van der Waals surface area (Å²) in [4.78, 5) is 14.4. The number of rotatable bonds is 6. The van der Waals surface area contributed by atoms with Crippen molar-refractivity contribution in [2.75, 3.05) is 18.0 Å². The minimum Gasteiger partial charge on any atom is -0.507 e. The number of hydrogen-bond donors (Lipinski definition) is 2. The summed E-state index contributed by atoms with van der Waals surface area (Å²) in [6.45, 7) is 5.82. The first-order chi connectivity index (χ1) is 13.4. The first-order valence-electron chi connectivity index (χ1n) is 8.72. The number of phenolic OH excluding ortho intramolecular Hbond substituents is 1. The van der Waals surface area contributed by atoms with E-state index in [0.717, 1.165) is 32.2 Å². The van der Waals surface area contributed by atoms with E-state index in [1.807, 2.05) is 18.2 Å². The molecule has 28 heavy (non-hydrogen) atoms. The number of fused-ring (bicyclic) bond motifs is 1. The van der Waals surface area contributed by atoms with E-state index in [4.69, 9.17) is 4.42 Å². The average molecular weight is 556 g/mol. The van der Waals surface area contributed by atoms with Crippen LogP contribution in [0.15, 0.2) is 50.4 Å². The van der Waals surface area contributed by atoms with E-state index >= 15 is 0 Å². The molecule has 0 atom stereocenters. The maximum Gasteiger partial charge on any atom is 0.307 e. The van der Waals surface area contributed by atoms with Crippen LogP contribution in [0.1, 0.15) is 30.0 Å². The fourth-order valence-corrected chi connectivity index (χ4v) is 4.49. The molecule has 3 aromatic rings. The van der Waals surface area contributed by atoms with Gasteiger partial charge in [-0.25, -0.2) is 5.43 Å². The lowest BCUT2D eigenvalue weighted by Gasteiger charge is -2.21. The Kier molecular flexibility index (Phi) is 6.61. The van der Waals surface area contributed by atoms with Crippen molar-refractivity contribution in [3.8, 4) is 5.75 Å². The van der Waals surface area contributed by atoms with E-state index in [0.29, 0.717) is 11.1 Å². The number of furan rings is 1. The molecule has 8 heteroatoms. The molecule has 146 valence electrons. The molecule has 0 saturated heterocycles. The minimum atomic E-state index is -0.460. The summed E-state index contributed by atoms with van der Waals surface area (Å²) in [5.74, 6) is -0.187. The van der Waals surface area contributed by atoms with Crippen LogP contribution in [0.3, 0.4) is 0 Å². The van der Waals surface area contributed by atoms with Gasteiger partial charge in [0.25, 0.3) is 0 Å². The van der Waals surface area contributed by atoms with Gasteiger partial charge in [-0.05, 0) is 66.8 Å². The Labute approximate surface area is 184 Å². The van der Waals surface area contributed by atoms with Crippen molar-refractivity contribution < 1.29 is 14.3 Å². The normalized spacial score (nSPS) is 11.3. The van der Waals surface area contributed by atoms with Crippen molar-refractivity contribution in [2.24, 2.45) is 5.10 Å². The second-order valence-corrected chi connectivity index (χ2v) is 8.11. The summed E-state index contributed by atoms with van der Waals surface area (Å²) in [5.41, 5.74) is 4.54. The van der Waals surface area contributed by atoms with E-state index in [9.17, 15) is 9.90 Å². The molecule has 0 bridgehead atoms. The standard InChI is InChI=1S/C20H19BrIN3O3/c1-3-25(4-2)15-6-5-12(17(26)10-15)11-23-24-20(27)18-8-13-7-14(21)9-16(22)19(13)28-18/h5-11,26H,3-4H2,1-2H3,(H,24,27)/b23-11-. The molecule has 1 aromatic heterocycles. The number of phenols is 1. The van der Waals surface area contributed by atoms with Crippen molar-refractivity contribution >= 4 is 67.3 Å². The predicted molar refractivity (Wildman–Crippen MR) is 123 cm³/mol. The number of nitrogens with zero attached hydrogens (tertiary/aromatic N) is 2. The molecule has 2 aromatic carbocycles. The van der Waals surface area contributed by atoms with Crippen molar-refractivity contribution in [3.63, 3.8) is 0 Å². The van der Waals surface area contributed by atoms with Gasteiger partial charge in [0.2, 0.25) is 0 Å². The first-order valence-corrected chi connectivity index (χ1v) is 10.6. The number of amides is 1. The van der Waals surface area contributed by atoms with Crippen LogP contribution in [0.25, 0.3) is 11.0 Å². The zero-order chi connectivity index (χ0) is 20.3. The van der Waals surface area contributed by atoms with Crippen LogP contribution in [-0.2, 0) is 0 Å². The molecule has 0 unspecified atom stereocenters. The molecule has 0 spiro atoms. The van der Waals surface area contributed by atoms with Crippen molar-refractivity contribution in [1.82, 2.24) is 5.43 Å². The lowest BCUT2D eigenvalue weighted by molar-refractivity contribution is 0.0929. The Morgan fingerprint density at radius 2 is 2.04 bits per heavy atom. The van der Waals surface area contributed by atoms with Crippen LogP contribution in [0.5, 0.6) is 5.75 Å². The number of hydrogen-bond acceptors (Lipinski definition) is 5. The molecule has 0 aliphatic rings. The van der Waals surface area contributed by atoms with Crippen LogP contribution < -0.4 is 10.3 Å². The zero-order valence-electron chi connectivity index (χ0n) is 15.4. The molecule has 2 N–H and O–H groups in total. The van der Waals surface area contributed by atoms with Gasteiger partial charge in [0.15, 0.2) is 5.76 Å². The quantitative estimate of drug-likeness (QED) is 0.251. The Morgan fingerprint density at radius 1 is 1.29 bits per heavy atom. The average Bonchev–Trinajstić information content (AvgIpc) is 3.09. The second-order valence-electron chi connectivity index (χ2n) is 6.03. The fraction of sp³-hybridized carbons (Fsp3) is 0.200. The van der Waals surface area contributed by atoms with Crippen molar-refractivity contribution in [1.29, 1.82) is 0 Å². The number of aromatic hydroxyl groups is 1. The largest absolute Gasteiger partial charge is 0.507 e. The number of carbonyl (C=O) groups is 1. The highest BCUT2D eigenvalue weighted by Gasteiger charge is 2.14. The summed E-state index contributed by atoms with van der Waals surface area (Å²) in [5, 5.41) is 15.0. The van der Waals surface area contributed by atoms with E-state index < -0.39 is 5.91 Å². The summed E-state index contributed by atoms with van der Waals surface area (Å²) >= 11 is 5.59. The predicted octanol–water partition coefficient (Wildman–Crippen LogP) is 5.12. The molecule has 0 radical (unpaired) electrons. The lowest BCUT2D eigenvalue weighted by atomic mass is 10.2. The minimum absolute atomic E-state index is 0.102. The van der Waals surface area contributed by atoms with Gasteiger partial charge in [0, 0.05) is 40.3 Å². The maximum absolute atomic E-state index is 12.3. The Balaban J connectivity index is 1.72. The van der Waals surface area contributed by atoms with Gasteiger partial charge in [0.05, 0.1) is 9.78 Å². The first kappa shape index (κ1) is 20.7. The van der Waals surface area contributed by atoms with Crippen LogP contribution in [-0.4, -0.2) is 30.3 Å². The summed E-state index contributed by atoms with van der Waals surface area (Å²) in [7, 11) is 0. The third kappa shape index (κ3) is 4.49. The topological polar surface area (TPSA) is 78.1 Å². The lowest BCUT2D eigenvalue weighted by Crippen LogP contribution is -2.21. The molecule has 0 aliphatic heterocycles. The van der Waals surface area contributed by atoms with Gasteiger partial charge < -0.3 is 14.4 Å².